The van der Waals surface area contributed by atoms with Crippen molar-refractivity contribution < 1.29 is 14.7 Å². The Morgan fingerprint density at radius 2 is 1.92 bits per heavy atom. The van der Waals surface area contributed by atoms with Crippen molar-refractivity contribution in [2.24, 2.45) is 11.8 Å². The van der Waals surface area contributed by atoms with Crippen LogP contribution in [-0.2, 0) is 9.59 Å². The van der Waals surface area contributed by atoms with E-state index in [1.807, 2.05) is 0 Å². The molecule has 0 aromatic rings. The van der Waals surface area contributed by atoms with E-state index in [2.05, 4.69) is 0 Å². The van der Waals surface area contributed by atoms with Crippen LogP contribution in [0.4, 0.5) is 0 Å². The lowest BCUT2D eigenvalue weighted by molar-refractivity contribution is -0.145. The molecular weight excluding hydrogens is 156 g/mol. The molecule has 0 spiro atoms. The molecule has 0 aromatic carbocycles. The first kappa shape index (κ1) is 9.23. The van der Waals surface area contributed by atoms with Gasteiger partial charge in [-0.05, 0) is 12.8 Å². The van der Waals surface area contributed by atoms with Crippen LogP contribution in [0.15, 0.2) is 0 Å². The van der Waals surface area contributed by atoms with Crippen molar-refractivity contribution in [3.8, 4) is 0 Å². The number of carboxylic acid groups (broad SMARTS) is 1. The molecule has 1 rings (SSSR count). The zero-order valence-corrected chi connectivity index (χ0v) is 7.25. The Labute approximate surface area is 71.8 Å². The first-order valence-corrected chi connectivity index (χ1v) is 4.42. The summed E-state index contributed by atoms with van der Waals surface area (Å²) in [6.45, 7) is 1.79. The largest absolute Gasteiger partial charge is 0.481 e. The fraction of sp³-hybridized carbons (Fsp3) is 0.778. The average Bonchev–Trinajstić information content (AvgIpc) is 2.50. The minimum atomic E-state index is -0.806. The number of carboxylic acids is 1. The van der Waals surface area contributed by atoms with Gasteiger partial charge in [0, 0.05) is 12.3 Å². The van der Waals surface area contributed by atoms with Gasteiger partial charge in [0.25, 0.3) is 0 Å². The highest BCUT2D eigenvalue weighted by Crippen LogP contribution is 2.33. The Hall–Kier alpha value is -0.860. The summed E-state index contributed by atoms with van der Waals surface area (Å²) >= 11 is 0. The topological polar surface area (TPSA) is 54.4 Å². The molecule has 0 aromatic heterocycles. The highest BCUT2D eigenvalue weighted by Gasteiger charge is 2.36. The van der Waals surface area contributed by atoms with Crippen molar-refractivity contribution >= 4 is 11.8 Å². The summed E-state index contributed by atoms with van der Waals surface area (Å²) in [7, 11) is 0. The van der Waals surface area contributed by atoms with Crippen LogP contribution in [0.3, 0.4) is 0 Å². The maximum atomic E-state index is 11.3. The van der Waals surface area contributed by atoms with Gasteiger partial charge in [-0.1, -0.05) is 13.3 Å². The monoisotopic (exact) mass is 170 g/mol. The minimum Gasteiger partial charge on any atom is -0.481 e. The van der Waals surface area contributed by atoms with Crippen molar-refractivity contribution in [1.82, 2.24) is 0 Å². The molecule has 2 unspecified atom stereocenters. The Kier molecular flexibility index (Phi) is 2.84. The summed E-state index contributed by atoms with van der Waals surface area (Å²) in [4.78, 5) is 21.9. The van der Waals surface area contributed by atoms with Gasteiger partial charge in [-0.2, -0.15) is 0 Å². The van der Waals surface area contributed by atoms with E-state index in [-0.39, 0.29) is 11.7 Å². The third-order valence-electron chi connectivity index (χ3n) is 2.60. The number of rotatable bonds is 3. The molecule has 68 valence electrons. The zero-order chi connectivity index (χ0) is 9.14. The minimum absolute atomic E-state index is 0.111. The molecule has 1 N–H and O–H groups in total. The van der Waals surface area contributed by atoms with Crippen LogP contribution in [0.1, 0.15) is 32.6 Å². The summed E-state index contributed by atoms with van der Waals surface area (Å²) in [6, 6.07) is 0. The molecular formula is C9H14O3. The molecule has 0 radical (unpaired) electrons. The smallest absolute Gasteiger partial charge is 0.307 e. The van der Waals surface area contributed by atoms with Gasteiger partial charge in [-0.3, -0.25) is 9.59 Å². The molecule has 1 aliphatic carbocycles. The second-order valence-electron chi connectivity index (χ2n) is 3.30. The Morgan fingerprint density at radius 3 is 2.42 bits per heavy atom. The molecule has 0 aliphatic heterocycles. The quantitative estimate of drug-likeness (QED) is 0.697. The first-order valence-electron chi connectivity index (χ1n) is 4.42. The highest BCUT2D eigenvalue weighted by molar-refractivity contribution is 5.86. The molecule has 1 fully saturated rings. The average molecular weight is 170 g/mol. The van der Waals surface area contributed by atoms with Crippen LogP contribution in [0.5, 0.6) is 0 Å². The number of ketones is 1. The van der Waals surface area contributed by atoms with Gasteiger partial charge in [0.2, 0.25) is 0 Å². The van der Waals surface area contributed by atoms with Crippen molar-refractivity contribution in [2.75, 3.05) is 0 Å². The molecule has 1 saturated carbocycles. The van der Waals surface area contributed by atoms with E-state index in [9.17, 15) is 9.59 Å². The Bertz CT molecular complexity index is 198. The SMILES string of the molecule is CCC(=O)C1CCCC1C(=O)O. The lowest BCUT2D eigenvalue weighted by Gasteiger charge is -2.12. The normalized spacial score (nSPS) is 28.8. The Morgan fingerprint density at radius 1 is 1.33 bits per heavy atom. The number of aliphatic carboxylic acids is 1. The van der Waals surface area contributed by atoms with Gasteiger partial charge >= 0.3 is 5.97 Å². The molecule has 12 heavy (non-hydrogen) atoms. The molecule has 3 nitrogen and oxygen atoms in total. The summed E-state index contributed by atoms with van der Waals surface area (Å²) in [5.74, 6) is -1.30. The van der Waals surface area contributed by atoms with Gasteiger partial charge in [-0.25, -0.2) is 0 Å². The first-order chi connectivity index (χ1) is 5.66. The standard InChI is InChI=1S/C9H14O3/c1-2-8(10)6-4-3-5-7(6)9(11)12/h6-7H,2-5H2,1H3,(H,11,12). The van der Waals surface area contributed by atoms with E-state index in [0.717, 1.165) is 12.8 Å². The molecule has 1 aliphatic rings. The van der Waals surface area contributed by atoms with Crippen LogP contribution in [0, 0.1) is 11.8 Å². The van der Waals surface area contributed by atoms with E-state index < -0.39 is 11.9 Å². The van der Waals surface area contributed by atoms with Gasteiger partial charge in [0.05, 0.1) is 5.92 Å². The maximum absolute atomic E-state index is 11.3. The van der Waals surface area contributed by atoms with Crippen molar-refractivity contribution in [1.29, 1.82) is 0 Å². The van der Waals surface area contributed by atoms with Crippen LogP contribution < -0.4 is 0 Å². The summed E-state index contributed by atoms with van der Waals surface area (Å²) in [6.07, 6.45) is 2.79. The van der Waals surface area contributed by atoms with E-state index in [4.69, 9.17) is 5.11 Å². The summed E-state index contributed by atoms with van der Waals surface area (Å²) < 4.78 is 0. The van der Waals surface area contributed by atoms with Gasteiger partial charge in [0.1, 0.15) is 5.78 Å². The Balaban J connectivity index is 2.63. The van der Waals surface area contributed by atoms with Crippen LogP contribution in [0.25, 0.3) is 0 Å². The number of carbonyl (C=O) groups excluding carboxylic acids is 1. The highest BCUT2D eigenvalue weighted by atomic mass is 16.4. The van der Waals surface area contributed by atoms with Crippen molar-refractivity contribution in [3.63, 3.8) is 0 Å². The third-order valence-corrected chi connectivity index (χ3v) is 2.60. The second kappa shape index (κ2) is 3.70. The summed E-state index contributed by atoms with van der Waals surface area (Å²) in [5.41, 5.74) is 0. The summed E-state index contributed by atoms with van der Waals surface area (Å²) in [5, 5.41) is 8.78. The van der Waals surface area contributed by atoms with Crippen LogP contribution in [0.2, 0.25) is 0 Å². The van der Waals surface area contributed by atoms with Crippen LogP contribution >= 0.6 is 0 Å². The van der Waals surface area contributed by atoms with E-state index in [1.54, 1.807) is 6.92 Å². The van der Waals surface area contributed by atoms with Crippen LogP contribution in [-0.4, -0.2) is 16.9 Å². The lowest BCUT2D eigenvalue weighted by atomic mass is 9.91. The molecule has 3 heteroatoms. The lowest BCUT2D eigenvalue weighted by Crippen LogP contribution is -2.24. The van der Waals surface area contributed by atoms with E-state index >= 15 is 0 Å². The van der Waals surface area contributed by atoms with Crippen molar-refractivity contribution in [3.05, 3.63) is 0 Å². The number of Topliss-reactive ketones (excluding diaryl/α,β-unsaturated/α-hetero) is 1. The maximum Gasteiger partial charge on any atom is 0.307 e. The number of carbonyl (C=O) groups is 2. The van der Waals surface area contributed by atoms with Gasteiger partial charge in [0.15, 0.2) is 0 Å². The van der Waals surface area contributed by atoms with Gasteiger partial charge < -0.3 is 5.11 Å². The van der Waals surface area contributed by atoms with E-state index in [0.29, 0.717) is 12.8 Å². The molecule has 0 bridgehead atoms. The predicted octanol–water partition coefficient (Wildman–Crippen LogP) is 1.47. The molecule has 2 atom stereocenters. The van der Waals surface area contributed by atoms with E-state index in [1.165, 1.54) is 0 Å². The molecule has 0 amide bonds. The number of hydrogen-bond donors (Lipinski definition) is 1. The fourth-order valence-electron chi connectivity index (χ4n) is 1.90. The van der Waals surface area contributed by atoms with Crippen molar-refractivity contribution in [2.45, 2.75) is 32.6 Å². The molecule has 0 saturated heterocycles. The number of hydrogen-bond acceptors (Lipinski definition) is 2. The zero-order valence-electron chi connectivity index (χ0n) is 7.25. The van der Waals surface area contributed by atoms with Gasteiger partial charge in [-0.15, -0.1) is 0 Å². The second-order valence-corrected chi connectivity index (χ2v) is 3.30. The third kappa shape index (κ3) is 1.65. The predicted molar refractivity (Wildman–Crippen MR) is 43.8 cm³/mol. The molecule has 0 heterocycles. The fourth-order valence-corrected chi connectivity index (χ4v) is 1.90.